The van der Waals surface area contributed by atoms with E-state index in [1.54, 1.807) is 23.2 Å². The maximum Gasteiger partial charge on any atom is 0.321 e. The van der Waals surface area contributed by atoms with E-state index in [1.165, 1.54) is 0 Å². The lowest BCUT2D eigenvalue weighted by Gasteiger charge is -2.32. The number of urea groups is 1. The molecule has 2 amide bonds. The van der Waals surface area contributed by atoms with Gasteiger partial charge in [0.1, 0.15) is 6.10 Å². The van der Waals surface area contributed by atoms with Crippen LogP contribution in [-0.4, -0.2) is 40.3 Å². The molecule has 0 aliphatic carbocycles. The average molecular weight is 312 g/mol. The third-order valence-corrected chi connectivity index (χ3v) is 3.89. The summed E-state index contributed by atoms with van der Waals surface area (Å²) in [6, 6.07) is 11.2. The largest absolute Gasteiger partial charge is 0.471 e. The van der Waals surface area contributed by atoms with Crippen molar-refractivity contribution in [2.45, 2.75) is 25.9 Å². The van der Waals surface area contributed by atoms with Gasteiger partial charge in [-0.05, 0) is 37.5 Å². The lowest BCUT2D eigenvalue weighted by atomic mass is 10.1. The fraction of sp³-hybridized carbons (Fsp3) is 0.353. The lowest BCUT2D eigenvalue weighted by Crippen LogP contribution is -2.46. The Kier molecular flexibility index (Phi) is 4.71. The van der Waals surface area contributed by atoms with Crippen molar-refractivity contribution < 1.29 is 9.53 Å². The fourth-order valence-corrected chi connectivity index (χ4v) is 2.65. The van der Waals surface area contributed by atoms with Gasteiger partial charge in [-0.3, -0.25) is 0 Å². The predicted molar refractivity (Wildman–Crippen MR) is 87.5 cm³/mol. The molecule has 2 heterocycles. The first-order valence-corrected chi connectivity index (χ1v) is 7.78. The van der Waals surface area contributed by atoms with Gasteiger partial charge in [-0.2, -0.15) is 5.10 Å². The van der Waals surface area contributed by atoms with E-state index in [9.17, 15) is 4.79 Å². The summed E-state index contributed by atoms with van der Waals surface area (Å²) in [6.07, 6.45) is 3.37. The van der Waals surface area contributed by atoms with E-state index >= 15 is 0 Å². The van der Waals surface area contributed by atoms with Gasteiger partial charge in [0.2, 0.25) is 5.88 Å². The van der Waals surface area contributed by atoms with E-state index in [-0.39, 0.29) is 12.1 Å². The zero-order valence-electron chi connectivity index (χ0n) is 13.1. The molecule has 6 nitrogen and oxygen atoms in total. The second-order valence-electron chi connectivity index (χ2n) is 5.64. The Labute approximate surface area is 135 Å². The number of likely N-dealkylation sites (tertiary alicyclic amines) is 1. The number of carbonyl (C=O) groups is 1. The number of ether oxygens (including phenoxy) is 1. The molecule has 1 fully saturated rings. The molecule has 1 atom stereocenters. The Morgan fingerprint density at radius 2 is 2.17 bits per heavy atom. The van der Waals surface area contributed by atoms with Gasteiger partial charge < -0.3 is 15.0 Å². The van der Waals surface area contributed by atoms with E-state index in [4.69, 9.17) is 4.74 Å². The number of rotatable bonds is 3. The van der Waals surface area contributed by atoms with Crippen LogP contribution in [0.1, 0.15) is 18.4 Å². The van der Waals surface area contributed by atoms with Crippen molar-refractivity contribution in [2.75, 3.05) is 18.4 Å². The monoisotopic (exact) mass is 312 g/mol. The van der Waals surface area contributed by atoms with Crippen molar-refractivity contribution in [1.29, 1.82) is 0 Å². The number of hydrogen-bond donors (Lipinski definition) is 1. The minimum atomic E-state index is -0.0910. The Hall–Kier alpha value is -2.63. The number of carbonyl (C=O) groups excluding carboxylic acids is 1. The minimum Gasteiger partial charge on any atom is -0.471 e. The third-order valence-electron chi connectivity index (χ3n) is 3.89. The number of para-hydroxylation sites is 1. The number of nitrogens with zero attached hydrogens (tertiary/aromatic N) is 3. The fourth-order valence-electron chi connectivity index (χ4n) is 2.65. The van der Waals surface area contributed by atoms with Gasteiger partial charge in [-0.15, -0.1) is 5.10 Å². The molecule has 1 aromatic carbocycles. The van der Waals surface area contributed by atoms with Gasteiger partial charge in [0, 0.05) is 24.5 Å². The van der Waals surface area contributed by atoms with Gasteiger partial charge in [-0.25, -0.2) is 4.79 Å². The highest BCUT2D eigenvalue weighted by Crippen LogP contribution is 2.18. The summed E-state index contributed by atoms with van der Waals surface area (Å²) in [5.74, 6) is 0.499. The first kappa shape index (κ1) is 15.3. The van der Waals surface area contributed by atoms with Gasteiger partial charge in [0.25, 0.3) is 0 Å². The maximum absolute atomic E-state index is 12.4. The summed E-state index contributed by atoms with van der Waals surface area (Å²) in [5, 5.41) is 10.7. The van der Waals surface area contributed by atoms with Gasteiger partial charge in [-0.1, -0.05) is 18.2 Å². The van der Waals surface area contributed by atoms with Crippen LogP contribution >= 0.6 is 0 Å². The van der Waals surface area contributed by atoms with E-state index < -0.39 is 0 Å². The van der Waals surface area contributed by atoms with Crippen molar-refractivity contribution in [3.63, 3.8) is 0 Å². The second kappa shape index (κ2) is 7.09. The van der Waals surface area contributed by atoms with Gasteiger partial charge >= 0.3 is 6.03 Å². The molecule has 1 aliphatic heterocycles. The van der Waals surface area contributed by atoms with Crippen molar-refractivity contribution >= 4 is 11.7 Å². The lowest BCUT2D eigenvalue weighted by molar-refractivity contribution is 0.102. The van der Waals surface area contributed by atoms with Crippen molar-refractivity contribution in [3.8, 4) is 5.88 Å². The average Bonchev–Trinajstić information content (AvgIpc) is 2.58. The highest BCUT2D eigenvalue weighted by Gasteiger charge is 2.25. The smallest absolute Gasteiger partial charge is 0.321 e. The molecule has 0 saturated carbocycles. The van der Waals surface area contributed by atoms with Crippen LogP contribution in [0.15, 0.2) is 42.6 Å². The molecule has 0 bridgehead atoms. The second-order valence-corrected chi connectivity index (χ2v) is 5.64. The number of aryl methyl sites for hydroxylation is 1. The van der Waals surface area contributed by atoms with Crippen molar-refractivity contribution in [1.82, 2.24) is 15.1 Å². The molecular weight excluding hydrogens is 292 g/mol. The molecule has 2 aromatic rings. The summed E-state index contributed by atoms with van der Waals surface area (Å²) >= 11 is 0. The molecule has 0 spiro atoms. The van der Waals surface area contributed by atoms with Crippen LogP contribution in [0, 0.1) is 6.92 Å². The summed E-state index contributed by atoms with van der Waals surface area (Å²) in [4.78, 5) is 14.2. The molecule has 1 unspecified atom stereocenters. The normalized spacial score (nSPS) is 17.6. The first-order chi connectivity index (χ1) is 11.2. The summed E-state index contributed by atoms with van der Waals surface area (Å²) in [7, 11) is 0. The molecule has 120 valence electrons. The quantitative estimate of drug-likeness (QED) is 0.946. The zero-order valence-corrected chi connectivity index (χ0v) is 13.1. The number of nitrogens with one attached hydrogen (secondary N) is 1. The number of aromatic nitrogens is 2. The molecule has 1 N–H and O–H groups in total. The summed E-state index contributed by atoms with van der Waals surface area (Å²) < 4.78 is 5.81. The third kappa shape index (κ3) is 3.97. The molecule has 1 aromatic heterocycles. The Morgan fingerprint density at radius 3 is 2.96 bits per heavy atom. The van der Waals surface area contributed by atoms with Crippen molar-refractivity contribution in [3.05, 3.63) is 48.2 Å². The molecule has 1 aliphatic rings. The van der Waals surface area contributed by atoms with Crippen LogP contribution in [0.5, 0.6) is 5.88 Å². The number of hydrogen-bond acceptors (Lipinski definition) is 4. The Morgan fingerprint density at radius 1 is 1.30 bits per heavy atom. The SMILES string of the molecule is Cc1ccccc1NC(=O)N1CCCC(Oc2cccnn2)C1. The molecule has 23 heavy (non-hydrogen) atoms. The molecule has 3 rings (SSSR count). The van der Waals surface area contributed by atoms with E-state index in [0.29, 0.717) is 12.4 Å². The summed E-state index contributed by atoms with van der Waals surface area (Å²) in [6.45, 7) is 3.26. The highest BCUT2D eigenvalue weighted by atomic mass is 16.5. The number of piperidine rings is 1. The molecular formula is C17H20N4O2. The van der Waals surface area contributed by atoms with Gasteiger partial charge in [0.05, 0.1) is 6.54 Å². The Balaban J connectivity index is 1.59. The standard InChI is InChI=1S/C17H20N4O2/c1-13-6-2-3-8-15(13)19-17(22)21-11-5-7-14(12-21)23-16-9-4-10-18-20-16/h2-4,6,8-10,14H,5,7,11-12H2,1H3,(H,19,22). The zero-order chi connectivity index (χ0) is 16.1. The van der Waals surface area contributed by atoms with Crippen molar-refractivity contribution in [2.24, 2.45) is 0 Å². The molecule has 0 radical (unpaired) electrons. The van der Waals surface area contributed by atoms with Crippen LogP contribution in [0.2, 0.25) is 0 Å². The topological polar surface area (TPSA) is 67.4 Å². The van der Waals surface area contributed by atoms with Crippen LogP contribution in [0.3, 0.4) is 0 Å². The van der Waals surface area contributed by atoms with Crippen LogP contribution < -0.4 is 10.1 Å². The number of amides is 2. The Bertz CT molecular complexity index is 663. The predicted octanol–water partition coefficient (Wildman–Crippen LogP) is 2.86. The van der Waals surface area contributed by atoms with E-state index in [2.05, 4.69) is 15.5 Å². The highest BCUT2D eigenvalue weighted by molar-refractivity contribution is 5.90. The van der Waals surface area contributed by atoms with Crippen LogP contribution in [0.4, 0.5) is 10.5 Å². The maximum atomic E-state index is 12.4. The van der Waals surface area contributed by atoms with Crippen LogP contribution in [0.25, 0.3) is 0 Å². The van der Waals surface area contributed by atoms with Crippen LogP contribution in [-0.2, 0) is 0 Å². The van der Waals surface area contributed by atoms with E-state index in [1.807, 2.05) is 31.2 Å². The van der Waals surface area contributed by atoms with E-state index in [0.717, 1.165) is 30.6 Å². The number of benzene rings is 1. The van der Waals surface area contributed by atoms with Gasteiger partial charge in [0.15, 0.2) is 0 Å². The minimum absolute atomic E-state index is 0.0527. The number of anilines is 1. The first-order valence-electron chi connectivity index (χ1n) is 7.78. The summed E-state index contributed by atoms with van der Waals surface area (Å²) in [5.41, 5.74) is 1.89. The molecule has 6 heteroatoms. The molecule has 1 saturated heterocycles.